The summed E-state index contributed by atoms with van der Waals surface area (Å²) in [6, 6.07) is 5.58. The molecule has 1 aromatic rings. The Balaban J connectivity index is 1.96. The van der Waals surface area contributed by atoms with Crippen molar-refractivity contribution in [3.63, 3.8) is 0 Å². The van der Waals surface area contributed by atoms with Gasteiger partial charge < -0.3 is 14.6 Å². The molecule has 0 aromatic heterocycles. The number of carbonyl (C=O) groups is 1. The van der Waals surface area contributed by atoms with E-state index in [1.54, 1.807) is 7.11 Å². The van der Waals surface area contributed by atoms with Crippen LogP contribution in [0.1, 0.15) is 11.5 Å². The number of carboxylic acid groups (broad SMARTS) is 1. The van der Waals surface area contributed by atoms with E-state index < -0.39 is 5.97 Å². The van der Waals surface area contributed by atoms with Crippen LogP contribution in [-0.2, 0) is 4.79 Å². The van der Waals surface area contributed by atoms with Crippen LogP contribution < -0.4 is 9.47 Å². The predicted octanol–water partition coefficient (Wildman–Crippen LogP) is 1.50. The second-order valence-electron chi connectivity index (χ2n) is 4.27. The first-order valence-electron chi connectivity index (χ1n) is 5.26. The highest BCUT2D eigenvalue weighted by Crippen LogP contribution is 2.59. The lowest BCUT2D eigenvalue weighted by atomic mass is 10.1. The largest absolute Gasteiger partial charge is 0.497 e. The van der Waals surface area contributed by atoms with E-state index >= 15 is 0 Å². The maximum absolute atomic E-state index is 11.0. The van der Waals surface area contributed by atoms with Crippen LogP contribution in [-0.4, -0.2) is 24.8 Å². The average molecular weight is 220 g/mol. The number of rotatable bonds is 2. The summed E-state index contributed by atoms with van der Waals surface area (Å²) in [5, 5.41) is 9.03. The number of hydrogen-bond donors (Lipinski definition) is 1. The molecule has 3 atom stereocenters. The predicted molar refractivity (Wildman–Crippen MR) is 55.8 cm³/mol. The van der Waals surface area contributed by atoms with E-state index in [0.717, 1.165) is 17.1 Å². The molecule has 1 fully saturated rings. The fourth-order valence-corrected chi connectivity index (χ4v) is 2.57. The normalized spacial score (nSPS) is 29.7. The Morgan fingerprint density at radius 3 is 3.06 bits per heavy atom. The zero-order chi connectivity index (χ0) is 11.3. The highest BCUT2D eigenvalue weighted by atomic mass is 16.5. The maximum atomic E-state index is 11.0. The minimum absolute atomic E-state index is 0.132. The van der Waals surface area contributed by atoms with Crippen molar-refractivity contribution in [1.29, 1.82) is 0 Å². The minimum atomic E-state index is -0.720. The third-order valence-electron chi connectivity index (χ3n) is 3.46. The summed E-state index contributed by atoms with van der Waals surface area (Å²) in [6.45, 7) is 0.502. The Labute approximate surface area is 92.8 Å². The molecular weight excluding hydrogens is 208 g/mol. The second kappa shape index (κ2) is 3.14. The van der Waals surface area contributed by atoms with E-state index in [-0.39, 0.29) is 17.8 Å². The highest BCUT2D eigenvalue weighted by Gasteiger charge is 2.58. The lowest BCUT2D eigenvalue weighted by molar-refractivity contribution is -0.139. The van der Waals surface area contributed by atoms with Gasteiger partial charge in [-0.25, -0.2) is 0 Å². The Hall–Kier alpha value is -1.71. The van der Waals surface area contributed by atoms with Crippen molar-refractivity contribution in [2.45, 2.75) is 5.92 Å². The summed E-state index contributed by atoms with van der Waals surface area (Å²) >= 11 is 0. The van der Waals surface area contributed by atoms with E-state index in [1.165, 1.54) is 0 Å². The smallest absolute Gasteiger partial charge is 0.307 e. The molecule has 0 radical (unpaired) electrons. The standard InChI is InChI=1S/C12H12O4/c1-15-6-2-3-7-9(4-6)16-5-8-10(7)11(8)12(13)14/h2-4,8,10-11H,5H2,1H3,(H,13,14)/t8-,10+,11?/m0/s1. The third kappa shape index (κ3) is 1.19. The molecule has 1 aliphatic carbocycles. The van der Waals surface area contributed by atoms with Gasteiger partial charge in [0.25, 0.3) is 0 Å². The molecule has 0 amide bonds. The van der Waals surface area contributed by atoms with E-state index in [9.17, 15) is 4.79 Å². The van der Waals surface area contributed by atoms with Crippen molar-refractivity contribution < 1.29 is 19.4 Å². The van der Waals surface area contributed by atoms with Gasteiger partial charge in [-0.2, -0.15) is 0 Å². The molecule has 2 aliphatic rings. The highest BCUT2D eigenvalue weighted by molar-refractivity contribution is 5.77. The van der Waals surface area contributed by atoms with Gasteiger partial charge in [-0.15, -0.1) is 0 Å². The molecule has 1 aliphatic heterocycles. The molecule has 0 saturated heterocycles. The second-order valence-corrected chi connectivity index (χ2v) is 4.27. The lowest BCUT2D eigenvalue weighted by Gasteiger charge is -2.16. The molecule has 1 heterocycles. The van der Waals surface area contributed by atoms with Crippen molar-refractivity contribution in [2.75, 3.05) is 13.7 Å². The Bertz CT molecular complexity index is 454. The van der Waals surface area contributed by atoms with Crippen LogP contribution >= 0.6 is 0 Å². The molecule has 16 heavy (non-hydrogen) atoms. The molecule has 84 valence electrons. The Morgan fingerprint density at radius 2 is 2.38 bits per heavy atom. The van der Waals surface area contributed by atoms with Gasteiger partial charge in [0, 0.05) is 17.9 Å². The molecule has 0 spiro atoms. The zero-order valence-electron chi connectivity index (χ0n) is 8.84. The number of methoxy groups -OCH3 is 1. The Morgan fingerprint density at radius 1 is 1.56 bits per heavy atom. The summed E-state index contributed by atoms with van der Waals surface area (Å²) in [4.78, 5) is 11.0. The van der Waals surface area contributed by atoms with Gasteiger partial charge in [0.2, 0.25) is 0 Å². The van der Waals surface area contributed by atoms with Gasteiger partial charge in [-0.3, -0.25) is 4.79 Å². The van der Waals surface area contributed by atoms with Crippen LogP contribution in [0.4, 0.5) is 0 Å². The van der Waals surface area contributed by atoms with Crippen LogP contribution in [0.15, 0.2) is 18.2 Å². The summed E-state index contributed by atoms with van der Waals surface area (Å²) < 4.78 is 10.7. The van der Waals surface area contributed by atoms with Crippen molar-refractivity contribution in [2.24, 2.45) is 11.8 Å². The SMILES string of the molecule is COc1ccc2c(c1)OC[C@@H]1C(C(=O)O)[C@H]21. The van der Waals surface area contributed by atoms with Gasteiger partial charge in [0.1, 0.15) is 11.5 Å². The van der Waals surface area contributed by atoms with Crippen molar-refractivity contribution >= 4 is 5.97 Å². The first-order valence-corrected chi connectivity index (χ1v) is 5.26. The molecule has 0 bridgehead atoms. The van der Waals surface area contributed by atoms with E-state index in [2.05, 4.69) is 0 Å². The number of hydrogen-bond acceptors (Lipinski definition) is 3. The molecule has 3 rings (SSSR count). The summed E-state index contributed by atoms with van der Waals surface area (Å²) in [5.41, 5.74) is 1.00. The summed E-state index contributed by atoms with van der Waals surface area (Å²) in [5.74, 6) is 0.802. The third-order valence-corrected chi connectivity index (χ3v) is 3.46. The number of carboxylic acids is 1. The number of fused-ring (bicyclic) bond motifs is 3. The fourth-order valence-electron chi connectivity index (χ4n) is 2.57. The topological polar surface area (TPSA) is 55.8 Å². The van der Waals surface area contributed by atoms with Crippen LogP contribution in [0.5, 0.6) is 11.5 Å². The molecular formula is C12H12O4. The van der Waals surface area contributed by atoms with E-state index in [4.69, 9.17) is 14.6 Å². The van der Waals surface area contributed by atoms with Crippen LogP contribution in [0.2, 0.25) is 0 Å². The van der Waals surface area contributed by atoms with Gasteiger partial charge in [0.05, 0.1) is 19.6 Å². The number of benzene rings is 1. The quantitative estimate of drug-likeness (QED) is 0.820. The number of aliphatic carboxylic acids is 1. The van der Waals surface area contributed by atoms with Crippen LogP contribution in [0.3, 0.4) is 0 Å². The molecule has 1 aromatic carbocycles. The summed E-state index contributed by atoms with van der Waals surface area (Å²) in [6.07, 6.45) is 0. The first kappa shape index (κ1) is 9.51. The zero-order valence-corrected chi connectivity index (χ0v) is 8.84. The minimum Gasteiger partial charge on any atom is -0.497 e. The lowest BCUT2D eigenvalue weighted by Crippen LogP contribution is -2.09. The average Bonchev–Trinajstić information content (AvgIpc) is 3.02. The van der Waals surface area contributed by atoms with Gasteiger partial charge in [-0.05, 0) is 11.6 Å². The number of ether oxygens (including phenoxy) is 2. The maximum Gasteiger partial charge on any atom is 0.307 e. The van der Waals surface area contributed by atoms with Gasteiger partial charge >= 0.3 is 5.97 Å². The van der Waals surface area contributed by atoms with Crippen molar-refractivity contribution in [3.05, 3.63) is 23.8 Å². The van der Waals surface area contributed by atoms with Crippen molar-refractivity contribution in [3.8, 4) is 11.5 Å². The first-order chi connectivity index (χ1) is 7.72. The fraction of sp³-hybridized carbons (Fsp3) is 0.417. The summed E-state index contributed by atoms with van der Waals surface area (Å²) in [7, 11) is 1.60. The monoisotopic (exact) mass is 220 g/mol. The molecule has 1 saturated carbocycles. The van der Waals surface area contributed by atoms with Crippen molar-refractivity contribution in [1.82, 2.24) is 0 Å². The molecule has 4 nitrogen and oxygen atoms in total. The van der Waals surface area contributed by atoms with Crippen LogP contribution in [0.25, 0.3) is 0 Å². The van der Waals surface area contributed by atoms with E-state index in [0.29, 0.717) is 6.61 Å². The Kier molecular flexibility index (Phi) is 1.87. The van der Waals surface area contributed by atoms with Gasteiger partial charge in [-0.1, -0.05) is 6.07 Å². The van der Waals surface area contributed by atoms with Crippen LogP contribution in [0, 0.1) is 11.8 Å². The van der Waals surface area contributed by atoms with Gasteiger partial charge in [0.15, 0.2) is 0 Å². The molecule has 1 unspecified atom stereocenters. The van der Waals surface area contributed by atoms with E-state index in [1.807, 2.05) is 18.2 Å². The molecule has 4 heteroatoms. The molecule has 1 N–H and O–H groups in total.